The monoisotopic (exact) mass is 291 g/mol. The van der Waals surface area contributed by atoms with Crippen LogP contribution in [0.2, 0.25) is 0 Å². The number of hydrogen-bond acceptors (Lipinski definition) is 5. The second-order valence-corrected chi connectivity index (χ2v) is 4.33. The number of carbonyl (C=O) groups excluding carboxylic acids is 1. The molecule has 7 nitrogen and oxygen atoms in total. The van der Waals surface area contributed by atoms with E-state index in [0.717, 1.165) is 4.68 Å². The van der Waals surface area contributed by atoms with E-state index in [4.69, 9.17) is 9.47 Å². The van der Waals surface area contributed by atoms with Crippen molar-refractivity contribution < 1.29 is 14.3 Å². The average molecular weight is 291 g/mol. The Hall–Kier alpha value is -2.57. The standard InChI is InChI=1S/C14H17N3O4/c1-4-21-13(18)9-16-14(19)17(10(2)15-16)11-6-5-7-12(8-11)20-3/h5-8H,4,9H2,1-3H3. The molecule has 2 aromatic rings. The van der Waals surface area contributed by atoms with Gasteiger partial charge in [0.2, 0.25) is 0 Å². The Morgan fingerprint density at radius 2 is 2.14 bits per heavy atom. The molecule has 2 rings (SSSR count). The molecule has 7 heteroatoms. The maximum absolute atomic E-state index is 12.3. The molecule has 0 spiro atoms. The minimum absolute atomic E-state index is 0.204. The summed E-state index contributed by atoms with van der Waals surface area (Å²) in [6.07, 6.45) is 0. The highest BCUT2D eigenvalue weighted by atomic mass is 16.5. The third-order valence-electron chi connectivity index (χ3n) is 2.90. The van der Waals surface area contributed by atoms with Crippen LogP contribution in [0.15, 0.2) is 29.1 Å². The van der Waals surface area contributed by atoms with Crippen LogP contribution >= 0.6 is 0 Å². The molecule has 0 aliphatic heterocycles. The summed E-state index contributed by atoms with van der Waals surface area (Å²) in [7, 11) is 1.55. The van der Waals surface area contributed by atoms with Gasteiger partial charge in [0.25, 0.3) is 0 Å². The van der Waals surface area contributed by atoms with E-state index < -0.39 is 11.7 Å². The van der Waals surface area contributed by atoms with Gasteiger partial charge in [-0.25, -0.2) is 14.0 Å². The first-order valence-corrected chi connectivity index (χ1v) is 6.53. The first-order valence-electron chi connectivity index (χ1n) is 6.53. The van der Waals surface area contributed by atoms with Crippen molar-refractivity contribution in [3.8, 4) is 11.4 Å². The molecule has 0 unspecified atom stereocenters. The van der Waals surface area contributed by atoms with Gasteiger partial charge in [0.05, 0.1) is 19.4 Å². The molecule has 0 saturated carbocycles. The third-order valence-corrected chi connectivity index (χ3v) is 2.90. The molecule has 0 fully saturated rings. The summed E-state index contributed by atoms with van der Waals surface area (Å²) >= 11 is 0. The predicted molar refractivity (Wildman–Crippen MR) is 75.7 cm³/mol. The number of hydrogen-bond donors (Lipinski definition) is 0. The van der Waals surface area contributed by atoms with Gasteiger partial charge in [-0.15, -0.1) is 0 Å². The van der Waals surface area contributed by atoms with Crippen LogP contribution in [0.3, 0.4) is 0 Å². The molecule has 0 atom stereocenters. The van der Waals surface area contributed by atoms with Gasteiger partial charge < -0.3 is 9.47 Å². The van der Waals surface area contributed by atoms with Crippen molar-refractivity contribution >= 4 is 5.97 Å². The van der Waals surface area contributed by atoms with E-state index in [-0.39, 0.29) is 13.2 Å². The molecule has 0 aliphatic rings. The van der Waals surface area contributed by atoms with Crippen molar-refractivity contribution in [2.75, 3.05) is 13.7 Å². The van der Waals surface area contributed by atoms with Gasteiger partial charge in [-0.2, -0.15) is 5.10 Å². The lowest BCUT2D eigenvalue weighted by Gasteiger charge is -2.05. The number of carbonyl (C=O) groups is 1. The van der Waals surface area contributed by atoms with Crippen LogP contribution in [-0.4, -0.2) is 34.0 Å². The molecule has 1 heterocycles. The van der Waals surface area contributed by atoms with Gasteiger partial charge in [0, 0.05) is 6.07 Å². The molecule has 21 heavy (non-hydrogen) atoms. The van der Waals surface area contributed by atoms with E-state index in [2.05, 4.69) is 5.10 Å². The van der Waals surface area contributed by atoms with Gasteiger partial charge in [0.1, 0.15) is 18.1 Å². The number of aryl methyl sites for hydroxylation is 1. The Morgan fingerprint density at radius 1 is 1.38 bits per heavy atom. The Balaban J connectivity index is 2.39. The lowest BCUT2D eigenvalue weighted by Crippen LogP contribution is -2.28. The van der Waals surface area contributed by atoms with Crippen molar-refractivity contribution in [3.05, 3.63) is 40.6 Å². The Kier molecular flexibility index (Phi) is 4.42. The Morgan fingerprint density at radius 3 is 2.81 bits per heavy atom. The molecule has 0 bridgehead atoms. The van der Waals surface area contributed by atoms with Crippen molar-refractivity contribution in [1.29, 1.82) is 0 Å². The van der Waals surface area contributed by atoms with E-state index in [1.807, 2.05) is 0 Å². The maximum Gasteiger partial charge on any atom is 0.351 e. The number of esters is 1. The fourth-order valence-corrected chi connectivity index (χ4v) is 1.99. The molecule has 0 amide bonds. The lowest BCUT2D eigenvalue weighted by molar-refractivity contribution is -0.144. The van der Waals surface area contributed by atoms with Crippen LogP contribution in [0, 0.1) is 6.92 Å². The minimum atomic E-state index is -0.491. The van der Waals surface area contributed by atoms with Crippen LogP contribution < -0.4 is 10.4 Å². The number of benzene rings is 1. The summed E-state index contributed by atoms with van der Waals surface area (Å²) in [5.41, 5.74) is 0.237. The zero-order chi connectivity index (χ0) is 15.4. The van der Waals surface area contributed by atoms with Crippen LogP contribution in [-0.2, 0) is 16.1 Å². The van der Waals surface area contributed by atoms with Crippen LogP contribution in [0.25, 0.3) is 5.69 Å². The molecule has 0 radical (unpaired) electrons. The minimum Gasteiger partial charge on any atom is -0.497 e. The average Bonchev–Trinajstić information content (AvgIpc) is 2.73. The number of rotatable bonds is 5. The van der Waals surface area contributed by atoms with Crippen LogP contribution in [0.5, 0.6) is 5.75 Å². The zero-order valence-electron chi connectivity index (χ0n) is 12.2. The van der Waals surface area contributed by atoms with Crippen LogP contribution in [0.4, 0.5) is 0 Å². The van der Waals surface area contributed by atoms with Crippen molar-refractivity contribution in [2.45, 2.75) is 20.4 Å². The van der Waals surface area contributed by atoms with E-state index in [1.165, 1.54) is 4.57 Å². The lowest BCUT2D eigenvalue weighted by atomic mass is 10.3. The number of aromatic nitrogens is 3. The van der Waals surface area contributed by atoms with Crippen molar-refractivity contribution in [2.24, 2.45) is 0 Å². The van der Waals surface area contributed by atoms with Gasteiger partial charge in [-0.05, 0) is 26.0 Å². The highest BCUT2D eigenvalue weighted by molar-refractivity contribution is 5.68. The molecule has 0 aliphatic carbocycles. The number of ether oxygens (including phenoxy) is 2. The molecule has 1 aromatic heterocycles. The van der Waals surface area contributed by atoms with Crippen molar-refractivity contribution in [1.82, 2.24) is 14.3 Å². The normalized spacial score (nSPS) is 10.4. The second kappa shape index (κ2) is 6.25. The van der Waals surface area contributed by atoms with E-state index >= 15 is 0 Å². The Labute approximate surface area is 121 Å². The summed E-state index contributed by atoms with van der Waals surface area (Å²) in [5, 5.41) is 4.09. The Bertz CT molecular complexity index is 702. The third kappa shape index (κ3) is 3.13. The quantitative estimate of drug-likeness (QED) is 0.766. The molecule has 112 valence electrons. The SMILES string of the molecule is CCOC(=O)Cn1nc(C)n(-c2cccc(OC)c2)c1=O. The van der Waals surface area contributed by atoms with Gasteiger partial charge in [-0.1, -0.05) is 6.07 Å². The number of nitrogens with zero attached hydrogens (tertiary/aromatic N) is 3. The van der Waals surface area contributed by atoms with E-state index in [9.17, 15) is 9.59 Å². The van der Waals surface area contributed by atoms with Gasteiger partial charge in [0.15, 0.2) is 0 Å². The first kappa shape index (κ1) is 14.8. The summed E-state index contributed by atoms with van der Waals surface area (Å²) in [4.78, 5) is 23.8. The highest BCUT2D eigenvalue weighted by Gasteiger charge is 2.15. The molecular weight excluding hydrogens is 274 g/mol. The molecular formula is C14H17N3O4. The molecule has 1 aromatic carbocycles. The fourth-order valence-electron chi connectivity index (χ4n) is 1.99. The van der Waals surface area contributed by atoms with Crippen LogP contribution in [0.1, 0.15) is 12.7 Å². The summed E-state index contributed by atoms with van der Waals surface area (Å²) in [5.74, 6) is 0.629. The topological polar surface area (TPSA) is 75.3 Å². The predicted octanol–water partition coefficient (Wildman–Crippen LogP) is 0.914. The second-order valence-electron chi connectivity index (χ2n) is 4.33. The smallest absolute Gasteiger partial charge is 0.351 e. The fraction of sp³-hybridized carbons (Fsp3) is 0.357. The summed E-state index contributed by atoms with van der Waals surface area (Å²) < 4.78 is 12.5. The first-order chi connectivity index (χ1) is 10.1. The van der Waals surface area contributed by atoms with Crippen molar-refractivity contribution in [3.63, 3.8) is 0 Å². The number of methoxy groups -OCH3 is 1. The summed E-state index contributed by atoms with van der Waals surface area (Å²) in [6, 6.07) is 7.06. The molecule has 0 N–H and O–H groups in total. The maximum atomic E-state index is 12.3. The van der Waals surface area contributed by atoms with E-state index in [0.29, 0.717) is 17.3 Å². The van der Waals surface area contributed by atoms with Gasteiger partial charge >= 0.3 is 11.7 Å². The zero-order valence-corrected chi connectivity index (χ0v) is 12.2. The van der Waals surface area contributed by atoms with E-state index in [1.54, 1.807) is 45.2 Å². The highest BCUT2D eigenvalue weighted by Crippen LogP contribution is 2.15. The summed E-state index contributed by atoms with van der Waals surface area (Å²) in [6.45, 7) is 3.47. The van der Waals surface area contributed by atoms with Gasteiger partial charge in [-0.3, -0.25) is 4.79 Å². The largest absolute Gasteiger partial charge is 0.497 e. The molecule has 0 saturated heterocycles.